The van der Waals surface area contributed by atoms with Gasteiger partial charge in [0.2, 0.25) is 0 Å². The summed E-state index contributed by atoms with van der Waals surface area (Å²) in [4.78, 5) is 25.8. The molecule has 0 aliphatic carbocycles. The standard InChI is InChI=1S/C10H6Cl3NO3.3C6H5.Sn/c11-5-3-6(12)10(7(13)4-5)14-8(15)1-2-9(16)17;3*1-2-4-6-5-3-1;/h1-4H,(H,14,15)(H,16,17);3*1-5H;/q;;;;+1/p-1/b2-1+;;;;. The van der Waals surface area contributed by atoms with E-state index in [2.05, 4.69) is 5.32 Å². The van der Waals surface area contributed by atoms with Crippen LogP contribution in [0.15, 0.2) is 115 Å². The molecule has 0 aliphatic heterocycles. The molecule has 0 unspecified atom stereocenters. The predicted octanol–water partition coefficient (Wildman–Crippen LogP) is 5.35. The molecule has 36 heavy (non-hydrogen) atoms. The Labute approximate surface area is 228 Å². The van der Waals surface area contributed by atoms with Gasteiger partial charge in [0.1, 0.15) is 0 Å². The van der Waals surface area contributed by atoms with Crippen molar-refractivity contribution in [1.29, 1.82) is 0 Å². The van der Waals surface area contributed by atoms with Crippen LogP contribution < -0.4 is 16.1 Å². The molecular formula is C28H20Cl3NO3Sn. The van der Waals surface area contributed by atoms with Crippen molar-refractivity contribution >= 4 is 81.9 Å². The molecule has 0 fully saturated rings. The van der Waals surface area contributed by atoms with Crippen molar-refractivity contribution in [2.24, 2.45) is 0 Å². The van der Waals surface area contributed by atoms with E-state index in [-0.39, 0.29) is 15.7 Å². The molecule has 0 radical (unpaired) electrons. The Morgan fingerprint density at radius 2 is 1.08 bits per heavy atom. The van der Waals surface area contributed by atoms with E-state index in [9.17, 15) is 9.59 Å². The summed E-state index contributed by atoms with van der Waals surface area (Å²) in [6.45, 7) is 0. The fourth-order valence-electron chi connectivity index (χ4n) is 3.85. The van der Waals surface area contributed by atoms with Crippen molar-refractivity contribution in [3.05, 3.63) is 130 Å². The monoisotopic (exact) mass is 643 g/mol. The Kier molecular flexibility index (Phi) is 8.75. The van der Waals surface area contributed by atoms with Gasteiger partial charge < -0.3 is 0 Å². The number of benzene rings is 4. The third-order valence-electron chi connectivity index (χ3n) is 5.42. The second-order valence-electron chi connectivity index (χ2n) is 7.77. The number of amides is 1. The summed E-state index contributed by atoms with van der Waals surface area (Å²) in [6, 6.07) is 32.3. The van der Waals surface area contributed by atoms with Gasteiger partial charge >= 0.3 is 230 Å². The first-order chi connectivity index (χ1) is 17.4. The van der Waals surface area contributed by atoms with Crippen molar-refractivity contribution in [2.75, 3.05) is 5.32 Å². The SMILES string of the molecule is O=C(/C=C/C(=O)[O][Sn]([c]1ccccc1)([c]1ccccc1)[c]1ccccc1)Nc1c(Cl)cc(Cl)cc1Cl. The van der Waals surface area contributed by atoms with E-state index in [1.165, 1.54) is 12.1 Å². The van der Waals surface area contributed by atoms with Gasteiger partial charge in [-0.25, -0.2) is 0 Å². The zero-order chi connectivity index (χ0) is 25.5. The van der Waals surface area contributed by atoms with Crippen LogP contribution in [-0.4, -0.2) is 30.7 Å². The first kappa shape index (κ1) is 26.3. The zero-order valence-electron chi connectivity index (χ0n) is 18.8. The van der Waals surface area contributed by atoms with E-state index >= 15 is 0 Å². The molecule has 0 aromatic heterocycles. The Balaban J connectivity index is 1.67. The molecule has 4 rings (SSSR count). The van der Waals surface area contributed by atoms with Crippen molar-refractivity contribution in [3.8, 4) is 0 Å². The number of halogens is 3. The van der Waals surface area contributed by atoms with E-state index in [1.54, 1.807) is 0 Å². The maximum absolute atomic E-state index is 13.2. The van der Waals surface area contributed by atoms with Crippen molar-refractivity contribution in [2.45, 2.75) is 0 Å². The Morgan fingerprint density at radius 3 is 1.50 bits per heavy atom. The summed E-state index contributed by atoms with van der Waals surface area (Å²) in [5.74, 6) is -1.20. The molecule has 8 heteroatoms. The Hall–Kier alpha value is -2.77. The van der Waals surface area contributed by atoms with E-state index < -0.39 is 30.7 Å². The second kappa shape index (κ2) is 12.0. The third kappa shape index (κ3) is 5.95. The summed E-state index contributed by atoms with van der Waals surface area (Å²) in [7, 11) is 0. The number of carbonyl (C=O) groups excluding carboxylic acids is 2. The molecule has 0 atom stereocenters. The molecule has 0 spiro atoms. The molecule has 180 valence electrons. The molecule has 0 bridgehead atoms. The van der Waals surface area contributed by atoms with Crippen molar-refractivity contribution < 1.29 is 12.7 Å². The number of nitrogens with one attached hydrogen (secondary N) is 1. The van der Waals surface area contributed by atoms with E-state index in [0.717, 1.165) is 22.9 Å². The van der Waals surface area contributed by atoms with Crippen LogP contribution in [0.5, 0.6) is 0 Å². The second-order valence-corrected chi connectivity index (χ2v) is 18.4. The topological polar surface area (TPSA) is 55.4 Å². The van der Waals surface area contributed by atoms with E-state index in [0.29, 0.717) is 5.02 Å². The molecule has 0 heterocycles. The summed E-state index contributed by atoms with van der Waals surface area (Å²) < 4.78 is 9.30. The normalized spacial score (nSPS) is 11.3. The quantitative estimate of drug-likeness (QED) is 0.218. The average Bonchev–Trinajstić information content (AvgIpc) is 2.89. The van der Waals surface area contributed by atoms with Gasteiger partial charge in [0, 0.05) is 0 Å². The Bertz CT molecular complexity index is 1280. The number of hydrogen-bond acceptors (Lipinski definition) is 3. The van der Waals surface area contributed by atoms with Gasteiger partial charge in [-0.1, -0.05) is 0 Å². The van der Waals surface area contributed by atoms with Crippen LogP contribution in [0.1, 0.15) is 0 Å². The molecule has 0 saturated carbocycles. The number of anilines is 1. The first-order valence-electron chi connectivity index (χ1n) is 10.9. The minimum atomic E-state index is -4.27. The van der Waals surface area contributed by atoms with Crippen LogP contribution in [0, 0.1) is 0 Å². The molecule has 4 nitrogen and oxygen atoms in total. The van der Waals surface area contributed by atoms with Gasteiger partial charge in [-0.2, -0.15) is 0 Å². The Morgan fingerprint density at radius 1 is 0.667 bits per heavy atom. The molecule has 0 saturated heterocycles. The van der Waals surface area contributed by atoms with E-state index in [1.807, 2.05) is 91.0 Å². The number of carbonyl (C=O) groups is 2. The molecule has 1 amide bonds. The van der Waals surface area contributed by atoms with Gasteiger partial charge in [0.25, 0.3) is 0 Å². The van der Waals surface area contributed by atoms with Gasteiger partial charge in [-0.05, 0) is 0 Å². The number of rotatable bonds is 7. The van der Waals surface area contributed by atoms with Gasteiger partial charge in [0.05, 0.1) is 0 Å². The van der Waals surface area contributed by atoms with Crippen LogP contribution >= 0.6 is 34.8 Å². The van der Waals surface area contributed by atoms with E-state index in [4.69, 9.17) is 37.9 Å². The van der Waals surface area contributed by atoms with Gasteiger partial charge in [0.15, 0.2) is 0 Å². The van der Waals surface area contributed by atoms with Crippen LogP contribution in [0.2, 0.25) is 15.1 Å². The first-order valence-corrected chi connectivity index (χ1v) is 17.5. The zero-order valence-corrected chi connectivity index (χ0v) is 24.0. The van der Waals surface area contributed by atoms with Crippen LogP contribution in [0.25, 0.3) is 0 Å². The predicted molar refractivity (Wildman–Crippen MR) is 149 cm³/mol. The molecule has 4 aromatic carbocycles. The van der Waals surface area contributed by atoms with Gasteiger partial charge in [-0.3, -0.25) is 0 Å². The fourth-order valence-corrected chi connectivity index (χ4v) is 15.3. The van der Waals surface area contributed by atoms with Crippen molar-refractivity contribution in [1.82, 2.24) is 0 Å². The fraction of sp³-hybridized carbons (Fsp3) is 0. The summed E-state index contributed by atoms with van der Waals surface area (Å²) >= 11 is 13.9. The molecular weight excluding hydrogens is 623 g/mol. The van der Waals surface area contributed by atoms with Crippen LogP contribution in [0.4, 0.5) is 5.69 Å². The van der Waals surface area contributed by atoms with Gasteiger partial charge in [-0.15, -0.1) is 0 Å². The average molecular weight is 644 g/mol. The molecule has 1 N–H and O–H groups in total. The summed E-state index contributed by atoms with van der Waals surface area (Å²) in [5, 5.41) is 3.29. The molecule has 4 aromatic rings. The minimum absolute atomic E-state index is 0.185. The summed E-state index contributed by atoms with van der Waals surface area (Å²) in [6.07, 6.45) is 2.22. The maximum atomic E-state index is 13.2. The third-order valence-corrected chi connectivity index (χ3v) is 17.5. The summed E-state index contributed by atoms with van der Waals surface area (Å²) in [5.41, 5.74) is 0.206. The molecule has 0 aliphatic rings. The van der Waals surface area contributed by atoms with Crippen molar-refractivity contribution in [3.63, 3.8) is 0 Å². The van der Waals surface area contributed by atoms with Crippen LogP contribution in [-0.2, 0) is 12.7 Å². The number of hydrogen-bond donors (Lipinski definition) is 1. The van der Waals surface area contributed by atoms with Crippen LogP contribution in [0.3, 0.4) is 0 Å².